The molecule has 2 fully saturated rings. The van der Waals surface area contributed by atoms with E-state index in [1.807, 2.05) is 0 Å². The van der Waals surface area contributed by atoms with E-state index in [0.29, 0.717) is 11.8 Å². The molecule has 1 N–H and O–H groups in total. The fourth-order valence-electron chi connectivity index (χ4n) is 2.95. The Morgan fingerprint density at radius 3 is 2.88 bits per heavy atom. The molecule has 2 rings (SSSR count). The normalized spacial score (nSPS) is 33.9. The van der Waals surface area contributed by atoms with E-state index in [2.05, 4.69) is 17.1 Å². The Bertz CT molecular complexity index is 340. The summed E-state index contributed by atoms with van der Waals surface area (Å²) in [6.07, 6.45) is 4.10. The first-order valence-corrected chi connectivity index (χ1v) is 8.50. The topological polar surface area (TPSA) is 49.4 Å². The molecular formula is C12H24N2O2S. The number of nitrogens with one attached hydrogen (secondary N) is 1. The number of hydrogen-bond donors (Lipinski definition) is 1. The molecule has 0 spiro atoms. The monoisotopic (exact) mass is 260 g/mol. The molecule has 2 saturated heterocycles. The third-order valence-corrected chi connectivity index (χ3v) is 6.16. The molecule has 5 heteroatoms. The summed E-state index contributed by atoms with van der Waals surface area (Å²) in [7, 11) is -2.78. The van der Waals surface area contributed by atoms with Crippen LogP contribution in [-0.4, -0.2) is 56.5 Å². The summed E-state index contributed by atoms with van der Waals surface area (Å²) >= 11 is 0. The van der Waals surface area contributed by atoms with E-state index in [9.17, 15) is 8.42 Å². The lowest BCUT2D eigenvalue weighted by molar-refractivity contribution is 0.193. The van der Waals surface area contributed by atoms with Gasteiger partial charge in [-0.3, -0.25) is 4.90 Å². The van der Waals surface area contributed by atoms with Crippen LogP contribution in [0.4, 0.5) is 0 Å². The Kier molecular flexibility index (Phi) is 4.44. The van der Waals surface area contributed by atoms with Crippen molar-refractivity contribution in [2.75, 3.05) is 31.9 Å². The minimum atomic E-state index is -2.78. The van der Waals surface area contributed by atoms with Crippen LogP contribution in [0.25, 0.3) is 0 Å². The van der Waals surface area contributed by atoms with E-state index in [0.717, 1.165) is 39.0 Å². The lowest BCUT2D eigenvalue weighted by atomic mass is 10.1. The second-order valence-corrected chi connectivity index (χ2v) is 7.73. The summed E-state index contributed by atoms with van der Waals surface area (Å²) < 4.78 is 23.6. The molecule has 0 radical (unpaired) electrons. The van der Waals surface area contributed by atoms with Crippen molar-refractivity contribution in [3.63, 3.8) is 0 Å². The van der Waals surface area contributed by atoms with Crippen LogP contribution in [0.15, 0.2) is 0 Å². The second-order valence-electron chi connectivity index (χ2n) is 5.33. The average molecular weight is 260 g/mol. The first-order valence-electron chi connectivity index (χ1n) is 6.79. The van der Waals surface area contributed by atoms with Gasteiger partial charge in [0.25, 0.3) is 0 Å². The van der Waals surface area contributed by atoms with Crippen molar-refractivity contribution < 1.29 is 8.42 Å². The zero-order valence-corrected chi connectivity index (χ0v) is 11.5. The molecule has 2 aliphatic rings. The highest BCUT2D eigenvalue weighted by Crippen LogP contribution is 2.21. The Hall–Kier alpha value is -0.130. The molecule has 2 unspecified atom stereocenters. The Labute approximate surface area is 105 Å². The quantitative estimate of drug-likeness (QED) is 0.806. The molecule has 2 aliphatic heterocycles. The van der Waals surface area contributed by atoms with Crippen molar-refractivity contribution in [3.05, 3.63) is 0 Å². The molecule has 0 aromatic heterocycles. The maximum Gasteiger partial charge on any atom is 0.154 e. The maximum atomic E-state index is 11.8. The first kappa shape index (κ1) is 13.3. The van der Waals surface area contributed by atoms with Crippen molar-refractivity contribution in [3.8, 4) is 0 Å². The largest absolute Gasteiger partial charge is 0.311 e. The Morgan fingerprint density at radius 2 is 2.24 bits per heavy atom. The Balaban J connectivity index is 1.86. The van der Waals surface area contributed by atoms with Crippen LogP contribution in [0, 0.1) is 0 Å². The van der Waals surface area contributed by atoms with Gasteiger partial charge >= 0.3 is 0 Å². The van der Waals surface area contributed by atoms with Crippen molar-refractivity contribution in [1.29, 1.82) is 0 Å². The summed E-state index contributed by atoms with van der Waals surface area (Å²) in [4.78, 5) is 2.34. The van der Waals surface area contributed by atoms with E-state index >= 15 is 0 Å². The van der Waals surface area contributed by atoms with Crippen molar-refractivity contribution in [1.82, 2.24) is 10.2 Å². The molecule has 0 aromatic rings. The van der Waals surface area contributed by atoms with Gasteiger partial charge in [-0.2, -0.15) is 0 Å². The van der Waals surface area contributed by atoms with Gasteiger partial charge in [-0.25, -0.2) is 8.42 Å². The lowest BCUT2D eigenvalue weighted by Gasteiger charge is -2.34. The minimum absolute atomic E-state index is 0.0946. The molecule has 0 aromatic carbocycles. The molecule has 4 nitrogen and oxygen atoms in total. The van der Waals surface area contributed by atoms with Crippen LogP contribution in [0.5, 0.6) is 0 Å². The molecule has 17 heavy (non-hydrogen) atoms. The van der Waals surface area contributed by atoms with Crippen LogP contribution >= 0.6 is 0 Å². The van der Waals surface area contributed by atoms with Gasteiger partial charge in [0.05, 0.1) is 11.0 Å². The third-order valence-electron chi connectivity index (χ3n) is 3.90. The molecule has 0 saturated carbocycles. The van der Waals surface area contributed by atoms with Gasteiger partial charge in [0, 0.05) is 32.2 Å². The molecule has 0 aliphatic carbocycles. The van der Waals surface area contributed by atoms with Gasteiger partial charge < -0.3 is 5.32 Å². The van der Waals surface area contributed by atoms with Crippen molar-refractivity contribution in [2.45, 2.75) is 43.9 Å². The highest BCUT2D eigenvalue weighted by Gasteiger charge is 2.33. The summed E-state index contributed by atoms with van der Waals surface area (Å²) in [6, 6.07) is 0.554. The van der Waals surface area contributed by atoms with E-state index < -0.39 is 9.84 Å². The van der Waals surface area contributed by atoms with Crippen molar-refractivity contribution >= 4 is 9.84 Å². The predicted octanol–water partition coefficient (Wildman–Crippen LogP) is 0.638. The number of nitrogens with zero attached hydrogens (tertiary/aromatic N) is 1. The van der Waals surface area contributed by atoms with Crippen LogP contribution < -0.4 is 5.32 Å². The van der Waals surface area contributed by atoms with Crippen molar-refractivity contribution in [2.24, 2.45) is 0 Å². The smallest absolute Gasteiger partial charge is 0.154 e. The number of piperazine rings is 1. The summed E-state index contributed by atoms with van der Waals surface area (Å²) in [5.41, 5.74) is 0. The summed E-state index contributed by atoms with van der Waals surface area (Å²) in [5.74, 6) is 0.405. The average Bonchev–Trinajstić information content (AvgIpc) is 2.59. The van der Waals surface area contributed by atoms with Gasteiger partial charge in [0.1, 0.15) is 0 Å². The fraction of sp³-hybridized carbons (Fsp3) is 1.00. The lowest BCUT2D eigenvalue weighted by Crippen LogP contribution is -2.52. The van der Waals surface area contributed by atoms with Crippen LogP contribution in [0.1, 0.15) is 32.6 Å². The van der Waals surface area contributed by atoms with Crippen LogP contribution in [-0.2, 0) is 9.84 Å². The number of hydrogen-bond acceptors (Lipinski definition) is 4. The second kappa shape index (κ2) is 5.67. The minimum Gasteiger partial charge on any atom is -0.311 e. The van der Waals surface area contributed by atoms with E-state index in [-0.39, 0.29) is 5.25 Å². The van der Waals surface area contributed by atoms with Crippen LogP contribution in [0.3, 0.4) is 0 Å². The van der Waals surface area contributed by atoms with Gasteiger partial charge in [0.2, 0.25) is 0 Å². The third kappa shape index (κ3) is 3.42. The molecule has 2 atom stereocenters. The predicted molar refractivity (Wildman–Crippen MR) is 69.9 cm³/mol. The summed E-state index contributed by atoms with van der Waals surface area (Å²) in [5, 5.41) is 3.41. The zero-order chi connectivity index (χ0) is 12.3. The Morgan fingerprint density at radius 1 is 1.41 bits per heavy atom. The zero-order valence-electron chi connectivity index (χ0n) is 10.7. The van der Waals surface area contributed by atoms with E-state index in [1.165, 1.54) is 12.8 Å². The van der Waals surface area contributed by atoms with Crippen LogP contribution in [0.2, 0.25) is 0 Å². The molecule has 0 bridgehead atoms. The fourth-order valence-corrected chi connectivity index (χ4v) is 4.82. The van der Waals surface area contributed by atoms with E-state index in [1.54, 1.807) is 0 Å². The number of sulfone groups is 1. The van der Waals surface area contributed by atoms with Gasteiger partial charge in [-0.1, -0.05) is 13.3 Å². The van der Waals surface area contributed by atoms with Gasteiger partial charge in [0.15, 0.2) is 9.84 Å². The first-order chi connectivity index (χ1) is 8.12. The maximum absolute atomic E-state index is 11.8. The number of rotatable bonds is 4. The SMILES string of the molecule is CCCC1CN(CC2CCCS2(=O)=O)CCN1. The standard InChI is InChI=1S/C12H24N2O2S/c1-2-4-11-9-14(7-6-13-11)10-12-5-3-8-17(12,15)16/h11-13H,2-10H2,1H3. The highest BCUT2D eigenvalue weighted by atomic mass is 32.2. The highest BCUT2D eigenvalue weighted by molar-refractivity contribution is 7.92. The van der Waals surface area contributed by atoms with Gasteiger partial charge in [-0.05, 0) is 19.3 Å². The van der Waals surface area contributed by atoms with Gasteiger partial charge in [-0.15, -0.1) is 0 Å². The van der Waals surface area contributed by atoms with E-state index in [4.69, 9.17) is 0 Å². The molecule has 2 heterocycles. The molecule has 100 valence electrons. The molecule has 0 amide bonds. The summed E-state index contributed by atoms with van der Waals surface area (Å²) in [6.45, 7) is 5.95. The molecular weight excluding hydrogens is 236 g/mol.